The van der Waals surface area contributed by atoms with Crippen LogP contribution in [0.5, 0.6) is 0 Å². The molecule has 25 heavy (non-hydrogen) atoms. The molecule has 2 atom stereocenters. The highest BCUT2D eigenvalue weighted by atomic mass is 16.5. The quantitative estimate of drug-likeness (QED) is 0.337. The number of benzene rings is 1. The summed E-state index contributed by atoms with van der Waals surface area (Å²) in [4.78, 5) is 46.1. The molecular formula is C16H21N3O6. The summed E-state index contributed by atoms with van der Waals surface area (Å²) >= 11 is 0. The number of amides is 2. The number of nitrogens with one attached hydrogen (secondary N) is 1. The Morgan fingerprint density at radius 1 is 1.24 bits per heavy atom. The first kappa shape index (κ1) is 20.1. The molecule has 136 valence electrons. The molecule has 0 aliphatic rings. The van der Waals surface area contributed by atoms with Crippen LogP contribution in [-0.4, -0.2) is 40.4 Å². The molecule has 0 aromatic heterocycles. The van der Waals surface area contributed by atoms with Gasteiger partial charge in [-0.15, -0.1) is 0 Å². The van der Waals surface area contributed by atoms with Crippen LogP contribution in [0, 0.1) is 0 Å². The van der Waals surface area contributed by atoms with Crippen molar-refractivity contribution in [1.29, 1.82) is 0 Å². The molecule has 9 heteroatoms. The molecule has 0 aliphatic carbocycles. The molecule has 9 nitrogen and oxygen atoms in total. The first-order valence-corrected chi connectivity index (χ1v) is 7.49. The van der Waals surface area contributed by atoms with Gasteiger partial charge < -0.3 is 26.6 Å². The number of carboxylic acids is 1. The van der Waals surface area contributed by atoms with E-state index in [0.29, 0.717) is 5.56 Å². The zero-order chi connectivity index (χ0) is 19.0. The number of rotatable bonds is 9. The summed E-state index contributed by atoms with van der Waals surface area (Å²) in [6.45, 7) is 1.23. The number of carbonyl (C=O) groups excluding carboxylic acids is 3. The lowest BCUT2D eigenvalue weighted by molar-refractivity contribution is -0.162. The van der Waals surface area contributed by atoms with Crippen molar-refractivity contribution in [2.75, 3.05) is 0 Å². The van der Waals surface area contributed by atoms with Gasteiger partial charge in [-0.05, 0) is 18.9 Å². The lowest BCUT2D eigenvalue weighted by Gasteiger charge is -2.22. The second kappa shape index (κ2) is 8.78. The summed E-state index contributed by atoms with van der Waals surface area (Å²) in [5, 5.41) is 11.5. The zero-order valence-electron chi connectivity index (χ0n) is 13.7. The van der Waals surface area contributed by atoms with E-state index in [1.807, 2.05) is 0 Å². The Labute approximate surface area is 144 Å². The van der Waals surface area contributed by atoms with E-state index in [0.717, 1.165) is 0 Å². The Morgan fingerprint density at radius 3 is 2.36 bits per heavy atom. The maximum Gasteiger partial charge on any atom is 0.338 e. The van der Waals surface area contributed by atoms with Crippen molar-refractivity contribution in [2.24, 2.45) is 11.5 Å². The van der Waals surface area contributed by atoms with Crippen molar-refractivity contribution < 1.29 is 29.0 Å². The largest absolute Gasteiger partial charge is 0.479 e. The predicted molar refractivity (Wildman–Crippen MR) is 86.8 cm³/mol. The number of carbonyl (C=O) groups is 4. The zero-order valence-corrected chi connectivity index (χ0v) is 13.7. The average Bonchev–Trinajstić information content (AvgIpc) is 2.58. The Bertz CT molecular complexity index is 649. The van der Waals surface area contributed by atoms with Gasteiger partial charge in [-0.1, -0.05) is 30.3 Å². The first-order chi connectivity index (χ1) is 11.7. The van der Waals surface area contributed by atoms with Gasteiger partial charge in [-0.25, -0.2) is 9.59 Å². The molecule has 0 saturated carbocycles. The van der Waals surface area contributed by atoms with E-state index < -0.39 is 41.8 Å². The van der Waals surface area contributed by atoms with Crippen LogP contribution in [0.4, 0.5) is 0 Å². The Balaban J connectivity index is 2.65. The molecular weight excluding hydrogens is 330 g/mol. The van der Waals surface area contributed by atoms with E-state index in [1.54, 1.807) is 30.3 Å². The van der Waals surface area contributed by atoms with Gasteiger partial charge >= 0.3 is 11.9 Å². The van der Waals surface area contributed by atoms with Crippen molar-refractivity contribution in [3.05, 3.63) is 35.9 Å². The number of hydrogen-bond donors (Lipinski definition) is 4. The van der Waals surface area contributed by atoms with Crippen LogP contribution in [0.3, 0.4) is 0 Å². The summed E-state index contributed by atoms with van der Waals surface area (Å²) in [6.07, 6.45) is -0.881. The van der Waals surface area contributed by atoms with E-state index in [4.69, 9.17) is 16.2 Å². The Kier molecular flexibility index (Phi) is 7.06. The van der Waals surface area contributed by atoms with Gasteiger partial charge in [0.1, 0.15) is 12.6 Å². The van der Waals surface area contributed by atoms with Crippen LogP contribution < -0.4 is 16.8 Å². The lowest BCUT2D eigenvalue weighted by atomic mass is 9.94. The van der Waals surface area contributed by atoms with Gasteiger partial charge in [-0.2, -0.15) is 0 Å². The summed E-state index contributed by atoms with van der Waals surface area (Å²) < 4.78 is 4.96. The molecule has 0 saturated heterocycles. The first-order valence-electron chi connectivity index (χ1n) is 7.49. The maximum absolute atomic E-state index is 12.1. The molecule has 0 fully saturated rings. The number of primary amides is 1. The van der Waals surface area contributed by atoms with Crippen LogP contribution in [0.15, 0.2) is 30.3 Å². The number of nitrogens with two attached hydrogens (primary N) is 2. The topological polar surface area (TPSA) is 162 Å². The average molecular weight is 351 g/mol. The molecule has 0 bridgehead atoms. The standard InChI is InChI=1S/C16H21N3O6/c1-10(13(17)21)19-12(20)7-8-16(18,14(22)23)15(24)25-9-11-5-3-2-4-6-11/h2-6,10H,7-9,18H2,1H3,(H2,17,21)(H,19,20)(H,22,23)/t10?,16-/m0/s1. The molecule has 0 spiro atoms. The van der Waals surface area contributed by atoms with Gasteiger partial charge in [0.2, 0.25) is 17.4 Å². The Morgan fingerprint density at radius 2 is 1.84 bits per heavy atom. The van der Waals surface area contributed by atoms with Crippen LogP contribution in [0.2, 0.25) is 0 Å². The highest BCUT2D eigenvalue weighted by molar-refractivity contribution is 6.04. The van der Waals surface area contributed by atoms with Gasteiger partial charge in [0, 0.05) is 6.42 Å². The van der Waals surface area contributed by atoms with E-state index in [-0.39, 0.29) is 13.0 Å². The van der Waals surface area contributed by atoms with Crippen molar-refractivity contribution in [2.45, 2.75) is 38.0 Å². The predicted octanol–water partition coefficient (Wildman–Crippen LogP) is -0.718. The van der Waals surface area contributed by atoms with Gasteiger partial charge in [0.25, 0.3) is 0 Å². The second-order valence-corrected chi connectivity index (χ2v) is 5.53. The third kappa shape index (κ3) is 5.88. The SMILES string of the molecule is CC(NC(=O)CC[C@](N)(C(=O)O)C(=O)OCc1ccccc1)C(N)=O. The molecule has 0 radical (unpaired) electrons. The van der Waals surface area contributed by atoms with Crippen molar-refractivity contribution in [1.82, 2.24) is 5.32 Å². The number of hydrogen-bond acceptors (Lipinski definition) is 6. The number of ether oxygens (including phenoxy) is 1. The maximum atomic E-state index is 12.1. The second-order valence-electron chi connectivity index (χ2n) is 5.53. The number of esters is 1. The lowest BCUT2D eigenvalue weighted by Crippen LogP contribution is -2.56. The van der Waals surface area contributed by atoms with Crippen LogP contribution >= 0.6 is 0 Å². The Hall–Kier alpha value is -2.94. The van der Waals surface area contributed by atoms with Crippen molar-refractivity contribution in [3.8, 4) is 0 Å². The van der Waals surface area contributed by atoms with Crippen LogP contribution in [-0.2, 0) is 30.5 Å². The molecule has 1 rings (SSSR count). The minimum Gasteiger partial charge on any atom is -0.479 e. The number of aliphatic carboxylic acids is 1. The molecule has 1 unspecified atom stereocenters. The summed E-state index contributed by atoms with van der Waals surface area (Å²) in [6, 6.07) is 7.73. The summed E-state index contributed by atoms with van der Waals surface area (Å²) in [5.41, 5.74) is 8.94. The van der Waals surface area contributed by atoms with Crippen molar-refractivity contribution >= 4 is 23.8 Å². The molecule has 1 aromatic carbocycles. The molecule has 2 amide bonds. The van der Waals surface area contributed by atoms with E-state index in [2.05, 4.69) is 5.32 Å². The molecule has 6 N–H and O–H groups in total. The fourth-order valence-electron chi connectivity index (χ4n) is 1.84. The minimum absolute atomic E-state index is 0.142. The van der Waals surface area contributed by atoms with Crippen LogP contribution in [0.25, 0.3) is 0 Å². The highest BCUT2D eigenvalue weighted by Crippen LogP contribution is 2.14. The van der Waals surface area contributed by atoms with Crippen LogP contribution in [0.1, 0.15) is 25.3 Å². The van der Waals surface area contributed by atoms with E-state index in [1.165, 1.54) is 6.92 Å². The summed E-state index contributed by atoms with van der Waals surface area (Å²) in [7, 11) is 0. The molecule has 0 heterocycles. The van der Waals surface area contributed by atoms with E-state index in [9.17, 15) is 24.3 Å². The van der Waals surface area contributed by atoms with Gasteiger partial charge in [0.15, 0.2) is 0 Å². The molecule has 1 aromatic rings. The monoisotopic (exact) mass is 351 g/mol. The van der Waals surface area contributed by atoms with Crippen molar-refractivity contribution in [3.63, 3.8) is 0 Å². The summed E-state index contributed by atoms with van der Waals surface area (Å²) in [5.74, 6) is -4.16. The molecule has 0 aliphatic heterocycles. The smallest absolute Gasteiger partial charge is 0.338 e. The highest BCUT2D eigenvalue weighted by Gasteiger charge is 2.44. The normalized spacial score (nSPS) is 14.0. The number of carboxylic acid groups (broad SMARTS) is 1. The van der Waals surface area contributed by atoms with Gasteiger partial charge in [-0.3, -0.25) is 9.59 Å². The fraction of sp³-hybridized carbons (Fsp3) is 0.375. The fourth-order valence-corrected chi connectivity index (χ4v) is 1.84. The van der Waals surface area contributed by atoms with Gasteiger partial charge in [0.05, 0.1) is 0 Å². The van der Waals surface area contributed by atoms with E-state index >= 15 is 0 Å². The minimum atomic E-state index is -2.37. The third-order valence-corrected chi connectivity index (χ3v) is 3.51. The third-order valence-electron chi connectivity index (χ3n) is 3.51.